The quantitative estimate of drug-likeness (QED) is 0.295. The van der Waals surface area contributed by atoms with Crippen molar-refractivity contribution in [1.82, 2.24) is 4.72 Å². The number of sulfonamides is 1. The summed E-state index contributed by atoms with van der Waals surface area (Å²) in [6.07, 6.45) is 2.44. The SMILES string of the molecule is CCCc1cc(=O)oc2cc(OC(=O)[C@H](CCC)NS(=O)(=O)c3ccc(C)cc3)ccc12. The summed E-state index contributed by atoms with van der Waals surface area (Å²) in [5.41, 5.74) is 1.64. The average Bonchev–Trinajstić information content (AvgIpc) is 2.73. The minimum Gasteiger partial charge on any atom is -0.425 e. The second kappa shape index (κ2) is 10.1. The number of rotatable bonds is 9. The summed E-state index contributed by atoms with van der Waals surface area (Å²) >= 11 is 0. The Bertz CT molecular complexity index is 1260. The Morgan fingerprint density at radius 1 is 1.06 bits per heavy atom. The molecule has 0 radical (unpaired) electrons. The fourth-order valence-electron chi connectivity index (χ4n) is 3.42. The Morgan fingerprint density at radius 3 is 2.44 bits per heavy atom. The summed E-state index contributed by atoms with van der Waals surface area (Å²) in [5, 5.41) is 0.774. The van der Waals surface area contributed by atoms with Gasteiger partial charge in [-0.15, -0.1) is 0 Å². The van der Waals surface area contributed by atoms with Crippen LogP contribution in [0.1, 0.15) is 44.2 Å². The molecule has 0 saturated carbocycles. The number of fused-ring (bicyclic) bond motifs is 1. The average molecular weight is 458 g/mol. The highest BCUT2D eigenvalue weighted by atomic mass is 32.2. The van der Waals surface area contributed by atoms with Gasteiger partial charge in [0.2, 0.25) is 10.0 Å². The number of esters is 1. The van der Waals surface area contributed by atoms with Crippen molar-refractivity contribution >= 4 is 27.0 Å². The van der Waals surface area contributed by atoms with Crippen LogP contribution in [0.2, 0.25) is 0 Å². The van der Waals surface area contributed by atoms with Gasteiger partial charge in [0.1, 0.15) is 17.4 Å². The predicted molar refractivity (Wildman–Crippen MR) is 122 cm³/mol. The van der Waals surface area contributed by atoms with Crippen LogP contribution in [0.25, 0.3) is 11.0 Å². The summed E-state index contributed by atoms with van der Waals surface area (Å²) in [5.74, 6) is -0.552. The molecule has 0 amide bonds. The second-order valence-electron chi connectivity index (χ2n) is 7.70. The van der Waals surface area contributed by atoms with Gasteiger partial charge in [0.15, 0.2) is 0 Å². The number of hydrogen-bond donors (Lipinski definition) is 1. The fraction of sp³-hybridized carbons (Fsp3) is 0.333. The van der Waals surface area contributed by atoms with Crippen molar-refractivity contribution in [2.45, 2.75) is 57.4 Å². The summed E-state index contributed by atoms with van der Waals surface area (Å²) < 4.78 is 38.6. The zero-order valence-corrected chi connectivity index (χ0v) is 19.2. The Morgan fingerprint density at radius 2 is 1.78 bits per heavy atom. The number of hydrogen-bond acceptors (Lipinski definition) is 6. The van der Waals surface area contributed by atoms with Crippen molar-refractivity contribution in [3.05, 3.63) is 70.1 Å². The first-order chi connectivity index (χ1) is 15.2. The van der Waals surface area contributed by atoms with Gasteiger partial charge >= 0.3 is 11.6 Å². The van der Waals surface area contributed by atoms with Crippen molar-refractivity contribution in [3.8, 4) is 5.75 Å². The molecular formula is C24H27NO6S. The van der Waals surface area contributed by atoms with Gasteiger partial charge in [-0.25, -0.2) is 18.0 Å². The van der Waals surface area contributed by atoms with Gasteiger partial charge < -0.3 is 9.15 Å². The number of ether oxygens (including phenoxy) is 1. The molecule has 0 aliphatic heterocycles. The summed E-state index contributed by atoms with van der Waals surface area (Å²) in [6.45, 7) is 5.72. The van der Waals surface area contributed by atoms with E-state index in [0.717, 1.165) is 29.4 Å². The lowest BCUT2D eigenvalue weighted by atomic mass is 10.1. The first-order valence-electron chi connectivity index (χ1n) is 10.6. The molecule has 2 aromatic carbocycles. The number of carbonyl (C=O) groups excluding carboxylic acids is 1. The molecule has 0 saturated heterocycles. The minimum atomic E-state index is -3.90. The van der Waals surface area contributed by atoms with Crippen molar-refractivity contribution in [3.63, 3.8) is 0 Å². The third-order valence-corrected chi connectivity index (χ3v) is 6.52. The second-order valence-corrected chi connectivity index (χ2v) is 9.41. The van der Waals surface area contributed by atoms with E-state index >= 15 is 0 Å². The molecule has 3 rings (SSSR count). The van der Waals surface area contributed by atoms with Crippen LogP contribution >= 0.6 is 0 Å². The molecule has 1 heterocycles. The van der Waals surface area contributed by atoms with Crippen LogP contribution in [0.4, 0.5) is 0 Å². The van der Waals surface area contributed by atoms with Crippen LogP contribution in [0.15, 0.2) is 62.6 Å². The Kier molecular flexibility index (Phi) is 7.48. The normalized spacial score (nSPS) is 12.6. The van der Waals surface area contributed by atoms with Crippen molar-refractivity contribution < 1.29 is 22.4 Å². The lowest BCUT2D eigenvalue weighted by Crippen LogP contribution is -2.42. The molecule has 8 heteroatoms. The van der Waals surface area contributed by atoms with Crippen LogP contribution in [0.5, 0.6) is 5.75 Å². The zero-order valence-electron chi connectivity index (χ0n) is 18.4. The van der Waals surface area contributed by atoms with Crippen molar-refractivity contribution in [2.24, 2.45) is 0 Å². The van der Waals surface area contributed by atoms with Gasteiger partial charge in [-0.1, -0.05) is 44.4 Å². The standard InChI is InChI=1S/C24H27NO6S/c1-4-6-17-14-23(26)31-22-15-18(10-13-20(17)22)30-24(27)21(7-5-2)25-32(28,29)19-11-8-16(3)9-12-19/h8-15,21,25H,4-7H2,1-3H3/t21-/m0/s1. The molecule has 32 heavy (non-hydrogen) atoms. The van der Waals surface area contributed by atoms with Crippen LogP contribution in [0.3, 0.4) is 0 Å². The van der Waals surface area contributed by atoms with Crippen LogP contribution in [-0.4, -0.2) is 20.4 Å². The Labute approximate surface area is 187 Å². The summed E-state index contributed by atoms with van der Waals surface area (Å²) in [7, 11) is -3.90. The number of carbonyl (C=O) groups is 1. The molecule has 0 fully saturated rings. The maximum Gasteiger partial charge on any atom is 0.336 e. The van der Waals surface area contributed by atoms with Gasteiger partial charge in [0, 0.05) is 17.5 Å². The molecule has 0 unspecified atom stereocenters. The molecule has 170 valence electrons. The third-order valence-electron chi connectivity index (χ3n) is 5.03. The molecule has 1 aromatic heterocycles. The lowest BCUT2D eigenvalue weighted by molar-refractivity contribution is -0.136. The highest BCUT2D eigenvalue weighted by Gasteiger charge is 2.27. The maximum atomic E-state index is 12.8. The number of benzene rings is 2. The van der Waals surface area contributed by atoms with E-state index in [1.54, 1.807) is 24.3 Å². The van der Waals surface area contributed by atoms with Crippen molar-refractivity contribution in [1.29, 1.82) is 0 Å². The van der Waals surface area contributed by atoms with E-state index < -0.39 is 27.7 Å². The monoisotopic (exact) mass is 457 g/mol. The third kappa shape index (κ3) is 5.63. The summed E-state index contributed by atoms with van der Waals surface area (Å²) in [6, 6.07) is 11.6. The van der Waals surface area contributed by atoms with Gasteiger partial charge in [0.05, 0.1) is 4.90 Å². The predicted octanol–water partition coefficient (Wildman–Crippen LogP) is 4.11. The summed E-state index contributed by atoms with van der Waals surface area (Å²) in [4.78, 5) is 24.7. The highest BCUT2D eigenvalue weighted by molar-refractivity contribution is 7.89. The topological polar surface area (TPSA) is 103 Å². The van der Waals surface area contributed by atoms with Crippen LogP contribution in [0, 0.1) is 6.92 Å². The smallest absolute Gasteiger partial charge is 0.336 e. The van der Waals surface area contributed by atoms with Gasteiger partial charge in [-0.3, -0.25) is 0 Å². The minimum absolute atomic E-state index is 0.0768. The lowest BCUT2D eigenvalue weighted by Gasteiger charge is -2.17. The molecular weight excluding hydrogens is 430 g/mol. The molecule has 0 aliphatic rings. The van der Waals surface area contributed by atoms with E-state index in [4.69, 9.17) is 9.15 Å². The molecule has 7 nitrogen and oxygen atoms in total. The fourth-order valence-corrected chi connectivity index (χ4v) is 4.64. The van der Waals surface area contributed by atoms with E-state index in [9.17, 15) is 18.0 Å². The molecule has 1 N–H and O–H groups in total. The van der Waals surface area contributed by atoms with E-state index in [-0.39, 0.29) is 17.1 Å². The Balaban J connectivity index is 1.83. The van der Waals surface area contributed by atoms with E-state index in [1.165, 1.54) is 24.3 Å². The largest absolute Gasteiger partial charge is 0.425 e. The van der Waals surface area contributed by atoms with E-state index in [2.05, 4.69) is 4.72 Å². The molecule has 1 atom stereocenters. The first kappa shape index (κ1) is 23.7. The van der Waals surface area contributed by atoms with E-state index in [0.29, 0.717) is 12.0 Å². The van der Waals surface area contributed by atoms with Crippen LogP contribution < -0.4 is 15.1 Å². The van der Waals surface area contributed by atoms with Crippen LogP contribution in [-0.2, 0) is 21.2 Å². The van der Waals surface area contributed by atoms with Gasteiger partial charge in [-0.05, 0) is 49.6 Å². The molecule has 0 bridgehead atoms. The maximum absolute atomic E-state index is 12.8. The van der Waals surface area contributed by atoms with Gasteiger partial charge in [-0.2, -0.15) is 4.72 Å². The van der Waals surface area contributed by atoms with Crippen molar-refractivity contribution in [2.75, 3.05) is 0 Å². The molecule has 3 aromatic rings. The molecule has 0 aliphatic carbocycles. The number of nitrogens with one attached hydrogen (secondary N) is 1. The highest BCUT2D eigenvalue weighted by Crippen LogP contribution is 2.24. The molecule has 0 spiro atoms. The zero-order chi connectivity index (χ0) is 23.3. The Hall–Kier alpha value is -2.97. The number of aryl methyl sites for hydroxylation is 2. The first-order valence-corrected chi connectivity index (χ1v) is 12.1. The van der Waals surface area contributed by atoms with Gasteiger partial charge in [0.25, 0.3) is 0 Å². The van der Waals surface area contributed by atoms with E-state index in [1.807, 2.05) is 20.8 Å².